The summed E-state index contributed by atoms with van der Waals surface area (Å²) < 4.78 is 6.09. The van der Waals surface area contributed by atoms with Crippen LogP contribution in [0.5, 0.6) is 0 Å². The van der Waals surface area contributed by atoms with E-state index in [1.807, 2.05) is 0 Å². The van der Waals surface area contributed by atoms with Gasteiger partial charge in [0.2, 0.25) is 0 Å². The van der Waals surface area contributed by atoms with E-state index in [-0.39, 0.29) is 17.1 Å². The highest BCUT2D eigenvalue weighted by Gasteiger charge is 2.22. The number of anilines is 1. The topological polar surface area (TPSA) is 90.3 Å². The largest absolute Gasteiger partial charge is 0.453 e. The second kappa shape index (κ2) is 8.00. The molecule has 7 nitrogen and oxygen atoms in total. The summed E-state index contributed by atoms with van der Waals surface area (Å²) >= 11 is 2.83. The zero-order chi connectivity index (χ0) is 20.5. The molecule has 1 aliphatic carbocycles. The van der Waals surface area contributed by atoms with Crippen molar-refractivity contribution in [3.8, 4) is 0 Å². The fourth-order valence-corrected chi connectivity index (χ4v) is 5.56. The van der Waals surface area contributed by atoms with E-state index >= 15 is 0 Å². The summed E-state index contributed by atoms with van der Waals surface area (Å²) in [6, 6.07) is 6.65. The van der Waals surface area contributed by atoms with Gasteiger partial charge in [-0.05, 0) is 37.0 Å². The molecule has 0 saturated carbocycles. The zero-order valence-corrected chi connectivity index (χ0v) is 17.6. The highest BCUT2D eigenvalue weighted by atomic mass is 32.2. The molecule has 9 heteroatoms. The number of ether oxygens (including phenoxy) is 1. The van der Waals surface area contributed by atoms with E-state index in [0.717, 1.165) is 35.0 Å². The maximum Gasteiger partial charge on any atom is 0.411 e. The van der Waals surface area contributed by atoms with E-state index in [1.54, 1.807) is 42.6 Å². The fourth-order valence-electron chi connectivity index (χ4n) is 3.39. The molecule has 0 saturated heterocycles. The summed E-state index contributed by atoms with van der Waals surface area (Å²) in [6.07, 6.45) is 2.44. The second-order valence-corrected chi connectivity index (χ2v) is 8.73. The summed E-state index contributed by atoms with van der Waals surface area (Å²) in [7, 11) is 2.97. The maximum absolute atomic E-state index is 12.8. The molecule has 0 radical (unpaired) electrons. The van der Waals surface area contributed by atoms with Crippen LogP contribution in [0.3, 0.4) is 0 Å². The SMILES string of the molecule is COC(=O)Nc1cccc(C(=O)CSc2nc3sc4c(c3c(=O)n2C)CCC4)c1. The Morgan fingerprint density at radius 3 is 2.97 bits per heavy atom. The van der Waals surface area contributed by atoms with Gasteiger partial charge in [0.15, 0.2) is 10.9 Å². The zero-order valence-electron chi connectivity index (χ0n) is 16.0. The molecule has 0 atom stereocenters. The third-order valence-electron chi connectivity index (χ3n) is 4.85. The molecule has 150 valence electrons. The average Bonchev–Trinajstić information content (AvgIpc) is 3.30. The van der Waals surface area contributed by atoms with Crippen molar-refractivity contribution in [2.45, 2.75) is 24.4 Å². The van der Waals surface area contributed by atoms with E-state index in [1.165, 1.54) is 28.3 Å². The first kappa shape index (κ1) is 19.7. The number of methoxy groups -OCH3 is 1. The first-order valence-electron chi connectivity index (χ1n) is 9.10. The Labute approximate surface area is 175 Å². The normalized spacial score (nSPS) is 12.8. The molecule has 2 heterocycles. The Morgan fingerprint density at radius 1 is 1.34 bits per heavy atom. The number of fused-ring (bicyclic) bond motifs is 3. The number of nitrogens with zero attached hydrogens (tertiary/aromatic N) is 2. The summed E-state index contributed by atoms with van der Waals surface area (Å²) in [4.78, 5) is 43.5. The lowest BCUT2D eigenvalue weighted by molar-refractivity contribution is 0.102. The van der Waals surface area contributed by atoms with Crippen LogP contribution in [0.25, 0.3) is 10.2 Å². The molecule has 0 bridgehead atoms. The van der Waals surface area contributed by atoms with Crippen LogP contribution in [0.2, 0.25) is 0 Å². The van der Waals surface area contributed by atoms with Crippen molar-refractivity contribution in [2.75, 3.05) is 18.2 Å². The number of thiophene rings is 1. The van der Waals surface area contributed by atoms with E-state index in [4.69, 9.17) is 0 Å². The standard InChI is InChI=1S/C20H19N3O4S2/c1-23-18(25)16-13-7-4-8-15(13)29-17(16)22-19(23)28-10-14(24)11-5-3-6-12(9-11)21-20(26)27-2/h3,5-6,9H,4,7-8,10H2,1-2H3,(H,21,26). The highest BCUT2D eigenvalue weighted by Crippen LogP contribution is 2.35. The summed E-state index contributed by atoms with van der Waals surface area (Å²) in [5.41, 5.74) is 2.05. The van der Waals surface area contributed by atoms with Crippen molar-refractivity contribution >= 4 is 50.9 Å². The third-order valence-corrected chi connectivity index (χ3v) is 7.07. The molecule has 1 aromatic carbocycles. The number of amides is 1. The Kier molecular flexibility index (Phi) is 5.42. The van der Waals surface area contributed by atoms with Gasteiger partial charge in [-0.2, -0.15) is 0 Å². The van der Waals surface area contributed by atoms with Crippen LogP contribution in [0.1, 0.15) is 27.2 Å². The van der Waals surface area contributed by atoms with Gasteiger partial charge in [-0.1, -0.05) is 23.9 Å². The number of benzene rings is 1. The molecule has 1 aliphatic rings. The van der Waals surface area contributed by atoms with Gasteiger partial charge in [-0.25, -0.2) is 9.78 Å². The fraction of sp³-hybridized carbons (Fsp3) is 0.300. The number of thioether (sulfide) groups is 1. The van der Waals surface area contributed by atoms with E-state index in [2.05, 4.69) is 15.0 Å². The molecule has 0 unspecified atom stereocenters. The molecule has 0 spiro atoms. The molecule has 2 aromatic heterocycles. The van der Waals surface area contributed by atoms with Crippen LogP contribution >= 0.6 is 23.1 Å². The number of aromatic nitrogens is 2. The lowest BCUT2D eigenvalue weighted by atomic mass is 10.1. The van der Waals surface area contributed by atoms with Gasteiger partial charge in [-0.3, -0.25) is 19.5 Å². The van der Waals surface area contributed by atoms with Gasteiger partial charge >= 0.3 is 6.09 Å². The molecule has 1 amide bonds. The maximum atomic E-state index is 12.8. The number of carbonyl (C=O) groups excluding carboxylic acids is 2. The molecule has 0 aliphatic heterocycles. The molecule has 3 aromatic rings. The minimum Gasteiger partial charge on any atom is -0.453 e. The monoisotopic (exact) mass is 429 g/mol. The summed E-state index contributed by atoms with van der Waals surface area (Å²) in [5, 5.41) is 3.80. The highest BCUT2D eigenvalue weighted by molar-refractivity contribution is 7.99. The van der Waals surface area contributed by atoms with Crippen LogP contribution in [0.15, 0.2) is 34.2 Å². The number of carbonyl (C=O) groups is 2. The van der Waals surface area contributed by atoms with Crippen LogP contribution in [0.4, 0.5) is 10.5 Å². The minimum absolute atomic E-state index is 0.0476. The number of rotatable bonds is 5. The van der Waals surface area contributed by atoms with Crippen molar-refractivity contribution in [3.05, 3.63) is 50.6 Å². The Hall–Kier alpha value is -2.65. The number of nitrogens with one attached hydrogen (secondary N) is 1. The summed E-state index contributed by atoms with van der Waals surface area (Å²) in [5.74, 6) is 0.0185. The van der Waals surface area contributed by atoms with Crippen molar-refractivity contribution in [3.63, 3.8) is 0 Å². The van der Waals surface area contributed by atoms with Gasteiger partial charge in [-0.15, -0.1) is 11.3 Å². The molecule has 1 N–H and O–H groups in total. The lowest BCUT2D eigenvalue weighted by Gasteiger charge is -2.08. The summed E-state index contributed by atoms with van der Waals surface area (Å²) in [6.45, 7) is 0. The molecular weight excluding hydrogens is 410 g/mol. The molecular formula is C20H19N3O4S2. The lowest BCUT2D eigenvalue weighted by Crippen LogP contribution is -2.20. The average molecular weight is 430 g/mol. The molecule has 0 fully saturated rings. The number of hydrogen-bond acceptors (Lipinski definition) is 7. The first-order chi connectivity index (χ1) is 14.0. The van der Waals surface area contributed by atoms with Gasteiger partial charge in [0.05, 0.1) is 18.2 Å². The van der Waals surface area contributed by atoms with Crippen molar-refractivity contribution in [1.82, 2.24) is 9.55 Å². The quantitative estimate of drug-likeness (QED) is 0.378. The number of aryl methyl sites for hydroxylation is 2. The van der Waals surface area contributed by atoms with Gasteiger partial charge < -0.3 is 4.74 Å². The van der Waals surface area contributed by atoms with Crippen molar-refractivity contribution in [2.24, 2.45) is 7.05 Å². The number of Topliss-reactive ketones (excluding diaryl/α,β-unsaturated/α-hetero) is 1. The number of hydrogen-bond donors (Lipinski definition) is 1. The van der Waals surface area contributed by atoms with Crippen LogP contribution in [0, 0.1) is 0 Å². The molecule has 29 heavy (non-hydrogen) atoms. The molecule has 4 rings (SSSR count). The van der Waals surface area contributed by atoms with Crippen molar-refractivity contribution < 1.29 is 14.3 Å². The Morgan fingerprint density at radius 2 is 2.17 bits per heavy atom. The van der Waals surface area contributed by atoms with Crippen molar-refractivity contribution in [1.29, 1.82) is 0 Å². The van der Waals surface area contributed by atoms with Gasteiger partial charge in [0, 0.05) is 23.2 Å². The van der Waals surface area contributed by atoms with E-state index < -0.39 is 6.09 Å². The van der Waals surface area contributed by atoms with E-state index in [0.29, 0.717) is 16.4 Å². The van der Waals surface area contributed by atoms with Crippen LogP contribution in [-0.2, 0) is 24.6 Å². The Bertz CT molecular complexity index is 1180. The van der Waals surface area contributed by atoms with Gasteiger partial charge in [0.1, 0.15) is 4.83 Å². The second-order valence-electron chi connectivity index (χ2n) is 6.71. The van der Waals surface area contributed by atoms with Gasteiger partial charge in [0.25, 0.3) is 5.56 Å². The first-order valence-corrected chi connectivity index (χ1v) is 10.9. The van der Waals surface area contributed by atoms with E-state index in [9.17, 15) is 14.4 Å². The number of ketones is 1. The van der Waals surface area contributed by atoms with Crippen LogP contribution in [-0.4, -0.2) is 34.3 Å². The smallest absolute Gasteiger partial charge is 0.411 e. The minimum atomic E-state index is -0.598. The van der Waals surface area contributed by atoms with Crippen LogP contribution < -0.4 is 10.9 Å². The Balaban J connectivity index is 1.53. The predicted octanol–water partition coefficient (Wildman–Crippen LogP) is 3.64. The third kappa shape index (κ3) is 3.79. The predicted molar refractivity (Wildman–Crippen MR) is 114 cm³/mol.